The quantitative estimate of drug-likeness (QED) is 0.540. The van der Waals surface area contributed by atoms with Crippen LogP contribution in [0.3, 0.4) is 0 Å². The maximum Gasteiger partial charge on any atom is 0.243 e. The van der Waals surface area contributed by atoms with E-state index in [-0.39, 0.29) is 17.2 Å². The molecule has 1 N–H and O–H groups in total. The molecule has 1 amide bonds. The summed E-state index contributed by atoms with van der Waals surface area (Å²) in [4.78, 5) is 19.3. The molecule has 0 spiro atoms. The zero-order valence-electron chi connectivity index (χ0n) is 18.8. The van der Waals surface area contributed by atoms with Gasteiger partial charge in [-0.3, -0.25) is 9.69 Å². The second-order valence-corrected chi connectivity index (χ2v) is 11.0. The van der Waals surface area contributed by atoms with Crippen LogP contribution in [0, 0.1) is 18.3 Å². The summed E-state index contributed by atoms with van der Waals surface area (Å²) in [6.45, 7) is 4.57. The molecule has 2 aromatic carbocycles. The molecule has 1 aliphatic rings. The van der Waals surface area contributed by atoms with Crippen molar-refractivity contribution in [2.24, 2.45) is 0 Å². The highest BCUT2D eigenvalue weighted by molar-refractivity contribution is 7.89. The van der Waals surface area contributed by atoms with Gasteiger partial charge in [0.25, 0.3) is 0 Å². The summed E-state index contributed by atoms with van der Waals surface area (Å²) < 4.78 is 27.2. The first-order valence-electron chi connectivity index (χ1n) is 10.9. The third kappa shape index (κ3) is 5.87. The monoisotopic (exact) mass is 495 g/mol. The third-order valence-electron chi connectivity index (χ3n) is 5.58. The SMILES string of the molecule is Cc1ccc(NC(=O)Cc2nc(CN3CCN(S(=O)(=O)c4ccc(C#N)cc4)CC3)cs2)cc1. The Morgan fingerprint density at radius 1 is 1.09 bits per heavy atom. The molecule has 176 valence electrons. The van der Waals surface area contributed by atoms with Gasteiger partial charge in [0.1, 0.15) is 5.01 Å². The Labute approximate surface area is 203 Å². The summed E-state index contributed by atoms with van der Waals surface area (Å²) in [5.74, 6) is -0.105. The van der Waals surface area contributed by atoms with E-state index in [4.69, 9.17) is 5.26 Å². The summed E-state index contributed by atoms with van der Waals surface area (Å²) in [6.07, 6.45) is 0.217. The first kappa shape index (κ1) is 24.0. The van der Waals surface area contributed by atoms with Gasteiger partial charge < -0.3 is 5.32 Å². The van der Waals surface area contributed by atoms with Gasteiger partial charge in [-0.15, -0.1) is 11.3 Å². The lowest BCUT2D eigenvalue weighted by molar-refractivity contribution is -0.115. The second kappa shape index (κ2) is 10.4. The van der Waals surface area contributed by atoms with Gasteiger partial charge in [-0.2, -0.15) is 9.57 Å². The average Bonchev–Trinajstić information content (AvgIpc) is 3.27. The van der Waals surface area contributed by atoms with Crippen LogP contribution in [0.5, 0.6) is 0 Å². The van der Waals surface area contributed by atoms with Crippen LogP contribution in [0.4, 0.5) is 5.69 Å². The fourth-order valence-corrected chi connectivity index (χ4v) is 5.90. The van der Waals surface area contributed by atoms with E-state index in [1.165, 1.54) is 39.9 Å². The van der Waals surface area contributed by atoms with E-state index in [9.17, 15) is 13.2 Å². The maximum absolute atomic E-state index is 12.9. The van der Waals surface area contributed by atoms with Crippen LogP contribution in [-0.2, 0) is 27.8 Å². The predicted molar refractivity (Wildman–Crippen MR) is 131 cm³/mol. The Morgan fingerprint density at radius 2 is 1.76 bits per heavy atom. The fourth-order valence-electron chi connectivity index (χ4n) is 3.69. The van der Waals surface area contributed by atoms with Gasteiger partial charge in [-0.1, -0.05) is 17.7 Å². The largest absolute Gasteiger partial charge is 0.326 e. The number of piperazine rings is 1. The number of aromatic nitrogens is 1. The number of hydrogen-bond donors (Lipinski definition) is 1. The van der Waals surface area contributed by atoms with Crippen molar-refractivity contribution in [2.45, 2.75) is 24.8 Å². The van der Waals surface area contributed by atoms with Crippen LogP contribution in [0.25, 0.3) is 0 Å². The van der Waals surface area contributed by atoms with Crippen LogP contribution in [-0.4, -0.2) is 54.7 Å². The van der Waals surface area contributed by atoms with Crippen molar-refractivity contribution in [2.75, 3.05) is 31.5 Å². The highest BCUT2D eigenvalue weighted by Gasteiger charge is 2.28. The van der Waals surface area contributed by atoms with Crippen LogP contribution in [0.1, 0.15) is 21.8 Å². The van der Waals surface area contributed by atoms with Gasteiger partial charge in [-0.25, -0.2) is 13.4 Å². The lowest BCUT2D eigenvalue weighted by Gasteiger charge is -2.33. The Bertz CT molecular complexity index is 1290. The molecule has 1 saturated heterocycles. The van der Waals surface area contributed by atoms with Crippen LogP contribution in [0.2, 0.25) is 0 Å². The molecule has 8 nitrogen and oxygen atoms in total. The molecule has 4 rings (SSSR count). The number of thiazole rings is 1. The van der Waals surface area contributed by atoms with E-state index < -0.39 is 10.0 Å². The standard InChI is InChI=1S/C24H25N5O3S2/c1-18-2-6-20(7-3-18)26-23(30)14-24-27-21(17-33-24)16-28-10-12-29(13-11-28)34(31,32)22-8-4-19(15-25)5-9-22/h2-9,17H,10-14,16H2,1H3,(H,26,30). The summed E-state index contributed by atoms with van der Waals surface area (Å²) in [7, 11) is -3.58. The van der Waals surface area contributed by atoms with Gasteiger partial charge >= 0.3 is 0 Å². The number of amides is 1. The minimum atomic E-state index is -3.58. The van der Waals surface area contributed by atoms with Crippen LogP contribution < -0.4 is 5.32 Å². The number of aryl methyl sites for hydroxylation is 1. The topological polar surface area (TPSA) is 106 Å². The molecule has 34 heavy (non-hydrogen) atoms. The van der Waals surface area contributed by atoms with Gasteiger partial charge in [0.2, 0.25) is 15.9 Å². The fraction of sp³-hybridized carbons (Fsp3) is 0.292. The summed E-state index contributed by atoms with van der Waals surface area (Å²) in [6, 6.07) is 15.6. The smallest absolute Gasteiger partial charge is 0.243 e. The number of nitrogens with zero attached hydrogens (tertiary/aromatic N) is 4. The highest BCUT2D eigenvalue weighted by atomic mass is 32.2. The molecule has 3 aromatic rings. The number of rotatable bonds is 7. The second-order valence-electron chi connectivity index (χ2n) is 8.14. The third-order valence-corrected chi connectivity index (χ3v) is 8.39. The molecule has 0 radical (unpaired) electrons. The van der Waals surface area contributed by atoms with E-state index in [1.54, 1.807) is 0 Å². The van der Waals surface area contributed by atoms with E-state index in [1.807, 2.05) is 42.6 Å². The molecule has 1 fully saturated rings. The predicted octanol–water partition coefficient (Wildman–Crippen LogP) is 3.01. The van der Waals surface area contributed by atoms with Crippen LogP contribution >= 0.6 is 11.3 Å². The first-order valence-corrected chi connectivity index (χ1v) is 13.2. The van der Waals surface area contributed by atoms with Crippen molar-refractivity contribution in [3.8, 4) is 6.07 Å². The maximum atomic E-state index is 12.9. The number of carbonyl (C=O) groups is 1. The molecule has 0 unspecified atom stereocenters. The van der Waals surface area contributed by atoms with E-state index in [2.05, 4.69) is 15.2 Å². The number of nitriles is 1. The Kier molecular flexibility index (Phi) is 7.38. The molecule has 1 aromatic heterocycles. The number of nitrogens with one attached hydrogen (secondary N) is 1. The lowest BCUT2D eigenvalue weighted by Crippen LogP contribution is -2.48. The first-order chi connectivity index (χ1) is 16.3. The van der Waals surface area contributed by atoms with Gasteiger partial charge in [-0.05, 0) is 43.3 Å². The minimum absolute atomic E-state index is 0.105. The zero-order valence-corrected chi connectivity index (χ0v) is 20.4. The number of benzene rings is 2. The van der Waals surface area contributed by atoms with Crippen molar-refractivity contribution < 1.29 is 13.2 Å². The van der Waals surface area contributed by atoms with Crippen molar-refractivity contribution in [1.29, 1.82) is 5.26 Å². The van der Waals surface area contributed by atoms with Crippen LogP contribution in [0.15, 0.2) is 58.8 Å². The molecule has 1 aliphatic heterocycles. The van der Waals surface area contributed by atoms with E-state index in [0.29, 0.717) is 38.3 Å². The molecule has 2 heterocycles. The summed E-state index contributed by atoms with van der Waals surface area (Å²) in [5, 5.41) is 14.5. The molecule has 10 heteroatoms. The summed E-state index contributed by atoms with van der Waals surface area (Å²) in [5.41, 5.74) is 3.21. The number of sulfonamides is 1. The molecule has 0 aliphatic carbocycles. The number of carbonyl (C=O) groups excluding carboxylic acids is 1. The summed E-state index contributed by atoms with van der Waals surface area (Å²) >= 11 is 1.46. The average molecular weight is 496 g/mol. The van der Waals surface area contributed by atoms with Crippen molar-refractivity contribution in [3.63, 3.8) is 0 Å². The van der Waals surface area contributed by atoms with Crippen molar-refractivity contribution in [3.05, 3.63) is 75.7 Å². The highest BCUT2D eigenvalue weighted by Crippen LogP contribution is 2.20. The van der Waals surface area contributed by atoms with Gasteiger partial charge in [0.15, 0.2) is 0 Å². The molecular formula is C24H25N5O3S2. The normalized spacial score (nSPS) is 15.1. The van der Waals surface area contributed by atoms with E-state index >= 15 is 0 Å². The molecule has 0 atom stereocenters. The lowest BCUT2D eigenvalue weighted by atomic mass is 10.2. The van der Waals surface area contributed by atoms with Gasteiger partial charge in [0, 0.05) is 43.8 Å². The van der Waals surface area contributed by atoms with Crippen molar-refractivity contribution in [1.82, 2.24) is 14.2 Å². The molecule has 0 bridgehead atoms. The van der Waals surface area contributed by atoms with Crippen molar-refractivity contribution >= 4 is 33.0 Å². The Morgan fingerprint density at radius 3 is 2.41 bits per heavy atom. The molecular weight excluding hydrogens is 470 g/mol. The Balaban J connectivity index is 1.28. The zero-order chi connectivity index (χ0) is 24.1. The Hall–Kier alpha value is -3.10. The van der Waals surface area contributed by atoms with Gasteiger partial charge in [0.05, 0.1) is 28.6 Å². The van der Waals surface area contributed by atoms with E-state index in [0.717, 1.165) is 22.0 Å². The number of anilines is 1. The molecule has 0 saturated carbocycles. The minimum Gasteiger partial charge on any atom is -0.326 e. The number of hydrogen-bond acceptors (Lipinski definition) is 7.